The first-order valence-corrected chi connectivity index (χ1v) is 6.96. The number of amides is 1. The average molecular weight is 294 g/mol. The molecule has 1 aromatic carbocycles. The maximum Gasteiger partial charge on any atom is 0.424 e. The van der Waals surface area contributed by atoms with Crippen molar-refractivity contribution >= 4 is 6.09 Å². The SMILES string of the molecule is CN(NCC1COC(C)(C)O1)C(=O)OCc1ccccc1. The van der Waals surface area contributed by atoms with Gasteiger partial charge in [-0.25, -0.2) is 15.2 Å². The molecule has 1 heterocycles. The second-order valence-electron chi connectivity index (χ2n) is 5.41. The van der Waals surface area contributed by atoms with Gasteiger partial charge in [0.05, 0.1) is 12.7 Å². The van der Waals surface area contributed by atoms with Crippen LogP contribution in [0.1, 0.15) is 19.4 Å². The van der Waals surface area contributed by atoms with Crippen molar-refractivity contribution in [2.24, 2.45) is 0 Å². The summed E-state index contributed by atoms with van der Waals surface area (Å²) in [6.07, 6.45) is -0.513. The van der Waals surface area contributed by atoms with Crippen LogP contribution in [0, 0.1) is 0 Å². The van der Waals surface area contributed by atoms with Crippen molar-refractivity contribution in [2.45, 2.75) is 32.3 Å². The summed E-state index contributed by atoms with van der Waals surface area (Å²) < 4.78 is 16.3. The van der Waals surface area contributed by atoms with Gasteiger partial charge in [0.2, 0.25) is 0 Å². The van der Waals surface area contributed by atoms with Crippen LogP contribution in [0.3, 0.4) is 0 Å². The minimum Gasteiger partial charge on any atom is -0.444 e. The van der Waals surface area contributed by atoms with Gasteiger partial charge >= 0.3 is 6.09 Å². The molecule has 0 aromatic heterocycles. The van der Waals surface area contributed by atoms with E-state index in [9.17, 15) is 4.79 Å². The predicted octanol–water partition coefficient (Wildman–Crippen LogP) is 1.91. The fourth-order valence-electron chi connectivity index (χ4n) is 1.98. The number of carbonyl (C=O) groups excluding carboxylic acids is 1. The molecule has 0 saturated carbocycles. The summed E-state index contributed by atoms with van der Waals surface area (Å²) in [6, 6.07) is 9.55. The van der Waals surface area contributed by atoms with Gasteiger partial charge in [0.25, 0.3) is 0 Å². The molecule has 1 N–H and O–H groups in total. The molecule has 1 aromatic rings. The summed E-state index contributed by atoms with van der Waals surface area (Å²) in [5, 5.41) is 1.32. The van der Waals surface area contributed by atoms with Crippen molar-refractivity contribution in [1.29, 1.82) is 0 Å². The van der Waals surface area contributed by atoms with Gasteiger partial charge < -0.3 is 14.2 Å². The van der Waals surface area contributed by atoms with Crippen molar-refractivity contribution < 1.29 is 19.0 Å². The maximum absolute atomic E-state index is 11.8. The Hall–Kier alpha value is -1.63. The normalized spacial score (nSPS) is 20.2. The van der Waals surface area contributed by atoms with Gasteiger partial charge in [-0.2, -0.15) is 0 Å². The molecule has 1 atom stereocenters. The Morgan fingerprint density at radius 1 is 1.43 bits per heavy atom. The van der Waals surface area contributed by atoms with E-state index in [4.69, 9.17) is 14.2 Å². The number of carbonyl (C=O) groups is 1. The van der Waals surface area contributed by atoms with Gasteiger partial charge in [-0.3, -0.25) is 0 Å². The number of nitrogens with one attached hydrogen (secondary N) is 1. The number of benzene rings is 1. The number of ether oxygens (including phenoxy) is 3. The Morgan fingerprint density at radius 2 is 2.14 bits per heavy atom. The van der Waals surface area contributed by atoms with Gasteiger partial charge in [0.1, 0.15) is 6.61 Å². The Balaban J connectivity index is 1.68. The smallest absolute Gasteiger partial charge is 0.424 e. The van der Waals surface area contributed by atoms with Crippen LogP contribution in [-0.4, -0.2) is 43.2 Å². The van der Waals surface area contributed by atoms with E-state index in [0.717, 1.165) is 5.56 Å². The van der Waals surface area contributed by atoms with Crippen LogP contribution in [0.25, 0.3) is 0 Å². The fraction of sp³-hybridized carbons (Fsp3) is 0.533. The highest BCUT2D eigenvalue weighted by atomic mass is 16.7. The molecule has 21 heavy (non-hydrogen) atoms. The topological polar surface area (TPSA) is 60.0 Å². The zero-order valence-corrected chi connectivity index (χ0v) is 12.7. The standard InChI is InChI=1S/C15H22N2O4/c1-15(2)20-11-13(21-15)9-16-17(3)14(18)19-10-12-7-5-4-6-8-12/h4-8,13,16H,9-11H2,1-3H3. The lowest BCUT2D eigenvalue weighted by molar-refractivity contribution is -0.138. The van der Waals surface area contributed by atoms with E-state index in [1.807, 2.05) is 44.2 Å². The van der Waals surface area contributed by atoms with E-state index < -0.39 is 11.9 Å². The summed E-state index contributed by atoms with van der Waals surface area (Å²) in [7, 11) is 1.62. The zero-order valence-electron chi connectivity index (χ0n) is 12.7. The van der Waals surface area contributed by atoms with Crippen LogP contribution in [0.4, 0.5) is 4.79 Å². The van der Waals surface area contributed by atoms with Gasteiger partial charge in [0.15, 0.2) is 5.79 Å². The quantitative estimate of drug-likeness (QED) is 0.841. The Labute approximate surface area is 124 Å². The van der Waals surface area contributed by atoms with Crippen molar-refractivity contribution in [3.05, 3.63) is 35.9 Å². The molecule has 1 saturated heterocycles. The molecule has 1 unspecified atom stereocenters. The minimum atomic E-state index is -0.557. The first-order valence-electron chi connectivity index (χ1n) is 6.96. The molecule has 6 heteroatoms. The molecule has 1 amide bonds. The van der Waals surface area contributed by atoms with E-state index in [1.165, 1.54) is 5.01 Å². The van der Waals surface area contributed by atoms with Crippen LogP contribution in [-0.2, 0) is 20.8 Å². The molecule has 0 aliphatic carbocycles. The molecule has 0 radical (unpaired) electrons. The number of hydrogen-bond acceptors (Lipinski definition) is 5. The summed E-state index contributed by atoms with van der Waals surface area (Å²) in [4.78, 5) is 11.8. The van der Waals surface area contributed by atoms with Crippen molar-refractivity contribution in [3.8, 4) is 0 Å². The molecule has 6 nitrogen and oxygen atoms in total. The number of hydrogen-bond donors (Lipinski definition) is 1. The van der Waals surface area contributed by atoms with Crippen LogP contribution in [0.2, 0.25) is 0 Å². The molecular weight excluding hydrogens is 272 g/mol. The minimum absolute atomic E-state index is 0.0793. The second kappa shape index (κ2) is 6.89. The van der Waals surface area contributed by atoms with Crippen LogP contribution >= 0.6 is 0 Å². The first kappa shape index (κ1) is 15.8. The highest BCUT2D eigenvalue weighted by Crippen LogP contribution is 2.21. The number of rotatable bonds is 5. The van der Waals surface area contributed by atoms with Gasteiger partial charge in [-0.15, -0.1) is 0 Å². The van der Waals surface area contributed by atoms with Gasteiger partial charge in [-0.1, -0.05) is 30.3 Å². The van der Waals surface area contributed by atoms with E-state index in [1.54, 1.807) is 7.05 Å². The van der Waals surface area contributed by atoms with Crippen LogP contribution in [0.15, 0.2) is 30.3 Å². The molecule has 116 valence electrons. The van der Waals surface area contributed by atoms with Crippen molar-refractivity contribution in [2.75, 3.05) is 20.2 Å². The molecule has 1 aliphatic rings. The van der Waals surface area contributed by atoms with Crippen LogP contribution < -0.4 is 5.43 Å². The molecule has 1 fully saturated rings. The molecule has 0 spiro atoms. The van der Waals surface area contributed by atoms with E-state index >= 15 is 0 Å². The third kappa shape index (κ3) is 5.00. The highest BCUT2D eigenvalue weighted by molar-refractivity contribution is 5.66. The fourth-order valence-corrected chi connectivity index (χ4v) is 1.98. The monoisotopic (exact) mass is 294 g/mol. The first-order chi connectivity index (χ1) is 9.96. The second-order valence-corrected chi connectivity index (χ2v) is 5.41. The lowest BCUT2D eigenvalue weighted by Gasteiger charge is -2.21. The summed E-state index contributed by atoms with van der Waals surface area (Å²) in [6.45, 7) is 4.98. The predicted molar refractivity (Wildman–Crippen MR) is 77.3 cm³/mol. The molecular formula is C15H22N2O4. The number of nitrogens with zero attached hydrogens (tertiary/aromatic N) is 1. The molecule has 1 aliphatic heterocycles. The Kier molecular flexibility index (Phi) is 5.17. The maximum atomic E-state index is 11.8. The van der Waals surface area contributed by atoms with Crippen molar-refractivity contribution in [1.82, 2.24) is 10.4 Å². The third-order valence-corrected chi connectivity index (χ3v) is 3.10. The molecule has 2 rings (SSSR count). The van der Waals surface area contributed by atoms with Gasteiger partial charge in [-0.05, 0) is 19.4 Å². The number of hydrazine groups is 1. The lowest BCUT2D eigenvalue weighted by atomic mass is 10.2. The third-order valence-electron chi connectivity index (χ3n) is 3.10. The highest BCUT2D eigenvalue weighted by Gasteiger charge is 2.32. The van der Waals surface area contributed by atoms with E-state index in [-0.39, 0.29) is 12.7 Å². The summed E-state index contributed by atoms with van der Waals surface area (Å²) in [5.74, 6) is -0.557. The van der Waals surface area contributed by atoms with Crippen molar-refractivity contribution in [3.63, 3.8) is 0 Å². The largest absolute Gasteiger partial charge is 0.444 e. The zero-order chi connectivity index (χ0) is 15.3. The van der Waals surface area contributed by atoms with E-state index in [2.05, 4.69) is 5.43 Å². The Bertz CT molecular complexity index is 464. The Morgan fingerprint density at radius 3 is 2.76 bits per heavy atom. The van der Waals surface area contributed by atoms with Crippen LogP contribution in [0.5, 0.6) is 0 Å². The lowest BCUT2D eigenvalue weighted by Crippen LogP contribution is -2.44. The molecule has 0 bridgehead atoms. The summed E-state index contributed by atoms with van der Waals surface area (Å²) >= 11 is 0. The van der Waals surface area contributed by atoms with Gasteiger partial charge in [0, 0.05) is 13.6 Å². The average Bonchev–Trinajstić information content (AvgIpc) is 2.82. The van der Waals surface area contributed by atoms with E-state index in [0.29, 0.717) is 13.2 Å². The summed E-state index contributed by atoms with van der Waals surface area (Å²) in [5.41, 5.74) is 3.90.